The smallest absolute Gasteiger partial charge is 0.296 e. The first-order chi connectivity index (χ1) is 16.8. The van der Waals surface area contributed by atoms with Crippen molar-refractivity contribution in [3.05, 3.63) is 52.6 Å². The van der Waals surface area contributed by atoms with Gasteiger partial charge in [-0.1, -0.05) is 25.1 Å². The summed E-state index contributed by atoms with van der Waals surface area (Å²) in [7, 11) is 2.98. The van der Waals surface area contributed by atoms with Crippen molar-refractivity contribution >= 4 is 45.8 Å². The molecule has 0 spiro atoms. The predicted molar refractivity (Wildman–Crippen MR) is 136 cm³/mol. The van der Waals surface area contributed by atoms with Gasteiger partial charge in [0, 0.05) is 12.5 Å². The first-order valence-corrected chi connectivity index (χ1v) is 12.0. The third-order valence-corrected chi connectivity index (χ3v) is 6.61. The molecule has 2 aromatic carbocycles. The van der Waals surface area contributed by atoms with Gasteiger partial charge in [0.1, 0.15) is 22.4 Å². The van der Waals surface area contributed by atoms with E-state index in [1.54, 1.807) is 36.3 Å². The molecule has 1 fully saturated rings. The fourth-order valence-electron chi connectivity index (χ4n) is 3.68. The lowest BCUT2D eigenvalue weighted by molar-refractivity contribution is -0.384. The number of carbonyl (C=O) groups excluding carboxylic acids is 2. The van der Waals surface area contributed by atoms with E-state index in [0.29, 0.717) is 22.4 Å². The summed E-state index contributed by atoms with van der Waals surface area (Å²) in [5.41, 5.74) is 0.413. The van der Waals surface area contributed by atoms with Crippen molar-refractivity contribution in [3.8, 4) is 11.5 Å². The van der Waals surface area contributed by atoms with Gasteiger partial charge >= 0.3 is 0 Å². The van der Waals surface area contributed by atoms with Crippen LogP contribution in [0.25, 0.3) is 0 Å². The molecular formula is C24H28N4O6S. The lowest BCUT2D eigenvalue weighted by atomic mass is 10.1. The number of rotatable bonds is 10. The Bertz CT molecular complexity index is 1120. The van der Waals surface area contributed by atoms with Gasteiger partial charge in [0.2, 0.25) is 11.8 Å². The Labute approximate surface area is 207 Å². The molecule has 1 heterocycles. The highest BCUT2D eigenvalue weighted by Gasteiger charge is 2.41. The zero-order valence-electron chi connectivity index (χ0n) is 20.0. The summed E-state index contributed by atoms with van der Waals surface area (Å²) in [6.07, 6.45) is 1.52. The number of nitrogens with zero attached hydrogens (tertiary/aromatic N) is 3. The van der Waals surface area contributed by atoms with Crippen molar-refractivity contribution in [1.82, 2.24) is 4.90 Å². The van der Waals surface area contributed by atoms with E-state index in [1.165, 1.54) is 37.1 Å². The van der Waals surface area contributed by atoms with E-state index in [0.717, 1.165) is 12.8 Å². The summed E-state index contributed by atoms with van der Waals surface area (Å²) >= 11 is 1.22. The van der Waals surface area contributed by atoms with Crippen molar-refractivity contribution in [2.75, 3.05) is 19.5 Å². The van der Waals surface area contributed by atoms with Gasteiger partial charge in [-0.2, -0.15) is 0 Å². The summed E-state index contributed by atoms with van der Waals surface area (Å²) in [6, 6.07) is 11.2. The van der Waals surface area contributed by atoms with Gasteiger partial charge in [-0.25, -0.2) is 4.99 Å². The molecule has 0 aliphatic carbocycles. The molecule has 1 saturated heterocycles. The van der Waals surface area contributed by atoms with Gasteiger partial charge in [-0.15, -0.1) is 0 Å². The van der Waals surface area contributed by atoms with E-state index in [4.69, 9.17) is 9.47 Å². The Hall–Kier alpha value is -3.60. The summed E-state index contributed by atoms with van der Waals surface area (Å²) in [5.74, 6) is 0.291. The fourth-order valence-corrected chi connectivity index (χ4v) is 4.92. The first kappa shape index (κ1) is 26.0. The Kier molecular flexibility index (Phi) is 8.69. The minimum Gasteiger partial charge on any atom is -0.497 e. The zero-order valence-corrected chi connectivity index (χ0v) is 20.8. The average Bonchev–Trinajstić information content (AvgIpc) is 3.13. The molecule has 2 amide bonds. The summed E-state index contributed by atoms with van der Waals surface area (Å²) in [6.45, 7) is 3.99. The van der Waals surface area contributed by atoms with Crippen molar-refractivity contribution in [3.63, 3.8) is 0 Å². The van der Waals surface area contributed by atoms with E-state index in [9.17, 15) is 19.7 Å². The highest BCUT2D eigenvalue weighted by molar-refractivity contribution is 8.15. The van der Waals surface area contributed by atoms with Gasteiger partial charge in [0.25, 0.3) is 5.69 Å². The van der Waals surface area contributed by atoms with Crippen LogP contribution in [0.1, 0.15) is 33.1 Å². The van der Waals surface area contributed by atoms with Gasteiger partial charge < -0.3 is 14.8 Å². The molecule has 0 aromatic heterocycles. The van der Waals surface area contributed by atoms with Crippen LogP contribution in [0, 0.1) is 10.1 Å². The minimum atomic E-state index is -0.691. The van der Waals surface area contributed by atoms with Crippen LogP contribution in [-0.2, 0) is 9.59 Å². The van der Waals surface area contributed by atoms with Gasteiger partial charge in [-0.05, 0) is 49.7 Å². The van der Waals surface area contributed by atoms with Crippen molar-refractivity contribution < 1.29 is 24.0 Å². The number of carbonyl (C=O) groups is 2. The Morgan fingerprint density at radius 2 is 1.86 bits per heavy atom. The molecule has 0 radical (unpaired) electrons. The number of amides is 2. The number of aliphatic imine (C=N–C) groups is 1. The topological polar surface area (TPSA) is 123 Å². The molecule has 2 atom stereocenters. The maximum absolute atomic E-state index is 13.3. The van der Waals surface area contributed by atoms with Crippen LogP contribution >= 0.6 is 11.8 Å². The van der Waals surface area contributed by atoms with Gasteiger partial charge in [0.05, 0.1) is 30.9 Å². The van der Waals surface area contributed by atoms with Crippen LogP contribution in [0.2, 0.25) is 0 Å². The number of amidine groups is 1. The minimum absolute atomic E-state index is 0.0413. The molecule has 11 heteroatoms. The van der Waals surface area contributed by atoms with Crippen molar-refractivity contribution in [1.29, 1.82) is 0 Å². The molecule has 35 heavy (non-hydrogen) atoms. The molecule has 186 valence electrons. The number of hydrogen-bond acceptors (Lipinski definition) is 8. The number of nitro benzene ring substituents is 1. The van der Waals surface area contributed by atoms with E-state index in [2.05, 4.69) is 10.3 Å². The van der Waals surface area contributed by atoms with E-state index in [1.807, 2.05) is 13.8 Å². The molecule has 3 rings (SSSR count). The highest BCUT2D eigenvalue weighted by atomic mass is 32.2. The summed E-state index contributed by atoms with van der Waals surface area (Å²) < 4.78 is 10.2. The van der Waals surface area contributed by atoms with Crippen LogP contribution < -0.4 is 14.8 Å². The number of anilines is 1. The quantitative estimate of drug-likeness (QED) is 0.368. The largest absolute Gasteiger partial charge is 0.497 e. The number of hydrogen-bond donors (Lipinski definition) is 1. The second kappa shape index (κ2) is 11.7. The van der Waals surface area contributed by atoms with Crippen molar-refractivity contribution in [2.24, 2.45) is 4.99 Å². The van der Waals surface area contributed by atoms with Gasteiger partial charge in [0.15, 0.2) is 5.17 Å². The Morgan fingerprint density at radius 1 is 1.20 bits per heavy atom. The summed E-state index contributed by atoms with van der Waals surface area (Å²) in [5, 5.41) is 13.8. The second-order valence-electron chi connectivity index (χ2n) is 7.94. The molecule has 0 bridgehead atoms. The molecule has 0 saturated carbocycles. The highest BCUT2D eigenvalue weighted by Crippen LogP contribution is 2.35. The Balaban J connectivity index is 1.80. The lowest BCUT2D eigenvalue weighted by Gasteiger charge is -2.24. The number of methoxy groups -OCH3 is 2. The standard InChI is InChI=1S/C24H28N4O6S/c1-5-6-15(2)27-23(30)21(35-24(27)25-16-7-9-17(33-3)10-8-16)14-22(29)26-19-12-11-18(34-4)13-20(19)28(31)32/h7-13,15,21H,5-6,14H2,1-4H3,(H,26,29)/t15-,21-/m0/s1. The van der Waals surface area contributed by atoms with Crippen molar-refractivity contribution in [2.45, 2.75) is 44.4 Å². The van der Waals surface area contributed by atoms with Crippen LogP contribution in [0.15, 0.2) is 47.5 Å². The van der Waals surface area contributed by atoms with Crippen LogP contribution in [0.3, 0.4) is 0 Å². The first-order valence-electron chi connectivity index (χ1n) is 11.1. The second-order valence-corrected chi connectivity index (χ2v) is 9.11. The van der Waals surface area contributed by atoms with Crippen LogP contribution in [0.5, 0.6) is 11.5 Å². The SMILES string of the molecule is CCC[C@H](C)N1C(=O)[C@H](CC(=O)Nc2ccc(OC)cc2[N+](=O)[O-])SC1=Nc1ccc(OC)cc1. The molecule has 1 aliphatic rings. The number of nitrogens with one attached hydrogen (secondary N) is 1. The van der Waals surface area contributed by atoms with Gasteiger partial charge in [-0.3, -0.25) is 24.6 Å². The molecule has 2 aromatic rings. The zero-order chi connectivity index (χ0) is 25.5. The fraction of sp³-hybridized carbons (Fsp3) is 0.375. The number of nitro groups is 1. The molecule has 0 unspecified atom stereocenters. The monoisotopic (exact) mass is 500 g/mol. The number of benzene rings is 2. The van der Waals surface area contributed by atoms with E-state index < -0.39 is 16.1 Å². The Morgan fingerprint density at radius 3 is 2.46 bits per heavy atom. The van der Waals surface area contributed by atoms with E-state index >= 15 is 0 Å². The third kappa shape index (κ3) is 6.30. The maximum atomic E-state index is 13.3. The third-order valence-electron chi connectivity index (χ3n) is 5.46. The van der Waals surface area contributed by atoms with Crippen LogP contribution in [0.4, 0.5) is 17.1 Å². The molecule has 10 nitrogen and oxygen atoms in total. The molecule has 1 aliphatic heterocycles. The average molecular weight is 501 g/mol. The van der Waals surface area contributed by atoms with E-state index in [-0.39, 0.29) is 29.7 Å². The summed E-state index contributed by atoms with van der Waals surface area (Å²) in [4.78, 5) is 43.2. The van der Waals surface area contributed by atoms with Crippen LogP contribution in [-0.4, -0.2) is 52.3 Å². The number of ether oxygens (including phenoxy) is 2. The molecule has 1 N–H and O–H groups in total. The lowest BCUT2D eigenvalue weighted by Crippen LogP contribution is -2.40. The normalized spacial score (nSPS) is 17.4. The predicted octanol–water partition coefficient (Wildman–Crippen LogP) is 4.76. The number of thioether (sulfide) groups is 1. The maximum Gasteiger partial charge on any atom is 0.296 e. The molecular weight excluding hydrogens is 472 g/mol.